The van der Waals surface area contributed by atoms with E-state index in [4.69, 9.17) is 14.4 Å². The molecule has 0 saturated heterocycles. The van der Waals surface area contributed by atoms with Crippen LogP contribution in [0, 0.1) is 0 Å². The third-order valence-corrected chi connectivity index (χ3v) is 0.736. The van der Waals surface area contributed by atoms with Gasteiger partial charge in [-0.25, -0.2) is 9.59 Å². The summed E-state index contributed by atoms with van der Waals surface area (Å²) in [6.45, 7) is 19.8. The Morgan fingerprint density at radius 2 is 0.947 bits per heavy atom. The predicted molar refractivity (Wildman–Crippen MR) is 61.5 cm³/mol. The van der Waals surface area contributed by atoms with E-state index in [0.717, 1.165) is 12.2 Å². The van der Waals surface area contributed by atoms with E-state index in [1.807, 2.05) is 0 Å². The number of esters is 2. The van der Waals surface area contributed by atoms with Crippen molar-refractivity contribution in [2.45, 2.75) is 0 Å². The van der Waals surface area contributed by atoms with Gasteiger partial charge in [-0.05, 0) is 0 Å². The summed E-state index contributed by atoms with van der Waals surface area (Å²) >= 11 is 0. The quantitative estimate of drug-likeness (QED) is 0.384. The van der Waals surface area contributed by atoms with Gasteiger partial charge in [0.25, 0.3) is 20.4 Å². The SMILES string of the molecule is C=CC(=O)OC.C=CC(=O)OC.[C]=O.[C]=O.[C]=O.[Fe]. The summed E-state index contributed by atoms with van der Waals surface area (Å²) in [5.74, 6) is -0.787. The van der Waals surface area contributed by atoms with Gasteiger partial charge in [0.15, 0.2) is 0 Å². The first-order valence-corrected chi connectivity index (χ1v) is 3.64. The minimum atomic E-state index is -0.394. The molecule has 19 heavy (non-hydrogen) atoms. The Morgan fingerprint density at radius 1 is 0.789 bits per heavy atom. The van der Waals surface area contributed by atoms with E-state index in [9.17, 15) is 9.59 Å². The fraction of sp³-hybridized carbons (Fsp3) is 0.182. The van der Waals surface area contributed by atoms with Crippen molar-refractivity contribution in [2.24, 2.45) is 0 Å². The van der Waals surface area contributed by atoms with Gasteiger partial charge in [0.1, 0.15) is 0 Å². The van der Waals surface area contributed by atoms with Crippen LogP contribution in [0.25, 0.3) is 0 Å². The molecular weight excluding hydrogens is 300 g/mol. The van der Waals surface area contributed by atoms with Crippen LogP contribution in [0.2, 0.25) is 0 Å². The monoisotopic (exact) mass is 312 g/mol. The zero-order valence-corrected chi connectivity index (χ0v) is 11.4. The second-order valence-corrected chi connectivity index (χ2v) is 1.45. The molecule has 0 aliphatic rings. The molecule has 0 aliphatic heterocycles. The van der Waals surface area contributed by atoms with Gasteiger partial charge >= 0.3 is 11.9 Å². The van der Waals surface area contributed by atoms with Crippen molar-refractivity contribution < 1.29 is 50.5 Å². The van der Waals surface area contributed by atoms with Gasteiger partial charge in [-0.3, -0.25) is 14.4 Å². The molecule has 6 radical (unpaired) electrons. The number of carbonyl (C=O) groups is 2. The van der Waals surface area contributed by atoms with Gasteiger partial charge in [0.2, 0.25) is 0 Å². The molecule has 0 aromatic rings. The fourth-order valence-electron chi connectivity index (χ4n) is 0.167. The first kappa shape index (κ1) is 36.0. The normalized spacial score (nSPS) is 4.95. The van der Waals surface area contributed by atoms with Crippen molar-refractivity contribution in [3.63, 3.8) is 0 Å². The number of rotatable bonds is 2. The summed E-state index contributed by atoms with van der Waals surface area (Å²) in [6, 6.07) is 0. The zero-order valence-electron chi connectivity index (χ0n) is 10.3. The van der Waals surface area contributed by atoms with Crippen LogP contribution in [-0.2, 0) is 50.5 Å². The second kappa shape index (κ2) is 56.4. The van der Waals surface area contributed by atoms with Crippen molar-refractivity contribution in [3.8, 4) is 0 Å². The average Bonchev–Trinajstić information content (AvgIpc) is 2.52. The average molecular weight is 312 g/mol. The zero-order chi connectivity index (χ0) is 16.0. The number of hydrogen-bond acceptors (Lipinski definition) is 7. The molecule has 0 bridgehead atoms. The molecule has 0 atom stereocenters. The molecular formula is C11H12FeO7. The smallest absolute Gasteiger partial charge is 0.329 e. The van der Waals surface area contributed by atoms with Crippen molar-refractivity contribution in [3.05, 3.63) is 25.3 Å². The van der Waals surface area contributed by atoms with Crippen molar-refractivity contribution in [2.75, 3.05) is 14.2 Å². The molecule has 0 heterocycles. The summed E-state index contributed by atoms with van der Waals surface area (Å²) in [5, 5.41) is 0. The maximum absolute atomic E-state index is 9.84. The third-order valence-electron chi connectivity index (χ3n) is 0.736. The first-order valence-electron chi connectivity index (χ1n) is 3.64. The van der Waals surface area contributed by atoms with E-state index in [1.54, 1.807) is 0 Å². The minimum absolute atomic E-state index is 0. The fourth-order valence-corrected chi connectivity index (χ4v) is 0.167. The van der Waals surface area contributed by atoms with Crippen LogP contribution in [0.4, 0.5) is 0 Å². The maximum Gasteiger partial charge on any atom is 0.329 e. The Labute approximate surface area is 123 Å². The van der Waals surface area contributed by atoms with Crippen molar-refractivity contribution in [1.29, 1.82) is 0 Å². The van der Waals surface area contributed by atoms with Gasteiger partial charge in [0.05, 0.1) is 14.2 Å². The molecule has 0 amide bonds. The van der Waals surface area contributed by atoms with E-state index in [1.165, 1.54) is 14.2 Å². The standard InChI is InChI=1S/2C4H6O2.3CO.Fe/c2*1-3-4(5)6-2;3*1-2;/h2*3H,1H2,2H3;;;;. The van der Waals surface area contributed by atoms with Crippen LogP contribution >= 0.6 is 0 Å². The molecule has 0 aromatic heterocycles. The van der Waals surface area contributed by atoms with Crippen LogP contribution < -0.4 is 0 Å². The third kappa shape index (κ3) is 87.7. The van der Waals surface area contributed by atoms with Crippen LogP contribution in [0.15, 0.2) is 25.3 Å². The largest absolute Gasteiger partial charge is 0.466 e. The van der Waals surface area contributed by atoms with E-state index in [-0.39, 0.29) is 17.1 Å². The summed E-state index contributed by atoms with van der Waals surface area (Å²) in [4.78, 5) is 42.2. The van der Waals surface area contributed by atoms with Gasteiger partial charge in [0, 0.05) is 29.2 Å². The molecule has 0 saturated carbocycles. The van der Waals surface area contributed by atoms with E-state index in [2.05, 4.69) is 43.0 Å². The van der Waals surface area contributed by atoms with E-state index >= 15 is 0 Å². The van der Waals surface area contributed by atoms with E-state index < -0.39 is 11.9 Å². The molecule has 0 rings (SSSR count). The molecule has 0 N–H and O–H groups in total. The summed E-state index contributed by atoms with van der Waals surface area (Å²) < 4.78 is 8.28. The van der Waals surface area contributed by atoms with Crippen LogP contribution in [-0.4, -0.2) is 46.5 Å². The van der Waals surface area contributed by atoms with Gasteiger partial charge in [-0.1, -0.05) is 13.2 Å². The summed E-state index contributed by atoms with van der Waals surface area (Å²) in [5.41, 5.74) is 0. The summed E-state index contributed by atoms with van der Waals surface area (Å²) in [7, 11) is 2.62. The Hall–Kier alpha value is -2.05. The number of ether oxygens (including phenoxy) is 2. The molecule has 106 valence electrons. The Balaban J connectivity index is -0.0000000307. The molecule has 8 heteroatoms. The molecule has 7 nitrogen and oxygen atoms in total. The predicted octanol–water partition coefficient (Wildman–Crippen LogP) is -0.503. The van der Waals surface area contributed by atoms with Crippen LogP contribution in [0.1, 0.15) is 0 Å². The number of carbonyl (C=O) groups excluding carboxylic acids is 5. The Morgan fingerprint density at radius 3 is 0.947 bits per heavy atom. The van der Waals surface area contributed by atoms with Crippen molar-refractivity contribution >= 4 is 32.3 Å². The van der Waals surface area contributed by atoms with Crippen LogP contribution in [0.5, 0.6) is 0 Å². The van der Waals surface area contributed by atoms with Crippen molar-refractivity contribution in [1.82, 2.24) is 0 Å². The van der Waals surface area contributed by atoms with Gasteiger partial charge in [-0.15, -0.1) is 0 Å². The molecule has 0 fully saturated rings. The molecule has 0 aromatic carbocycles. The van der Waals surface area contributed by atoms with Gasteiger partial charge < -0.3 is 9.47 Å². The summed E-state index contributed by atoms with van der Waals surface area (Å²) in [6.07, 6.45) is 2.22. The topological polar surface area (TPSA) is 104 Å². The number of methoxy groups -OCH3 is 2. The molecule has 0 aliphatic carbocycles. The second-order valence-electron chi connectivity index (χ2n) is 1.45. The number of hydrogen-bond donors (Lipinski definition) is 0. The van der Waals surface area contributed by atoms with Gasteiger partial charge in [-0.2, -0.15) is 0 Å². The molecule has 0 spiro atoms. The van der Waals surface area contributed by atoms with E-state index in [0.29, 0.717) is 0 Å². The Bertz CT molecular complexity index is 194. The minimum Gasteiger partial charge on any atom is -0.466 e. The molecule has 0 unspecified atom stereocenters. The van der Waals surface area contributed by atoms with Crippen LogP contribution in [0.3, 0.4) is 0 Å². The maximum atomic E-state index is 9.84. The first-order chi connectivity index (χ1) is 8.62. The Kier molecular flexibility index (Phi) is 107.